The number of fused-ring (bicyclic) bond motifs is 1. The monoisotopic (exact) mass is 330 g/mol. The van der Waals surface area contributed by atoms with Gasteiger partial charge in [0.2, 0.25) is 5.91 Å². The first-order valence-electron chi connectivity index (χ1n) is 8.15. The van der Waals surface area contributed by atoms with Gasteiger partial charge in [0, 0.05) is 18.5 Å². The van der Waals surface area contributed by atoms with Crippen LogP contribution < -0.4 is 20.1 Å². The first kappa shape index (κ1) is 16.4. The van der Waals surface area contributed by atoms with Gasteiger partial charge < -0.3 is 24.5 Å². The molecule has 0 saturated heterocycles. The molecule has 1 amide bonds. The number of benzene rings is 1. The summed E-state index contributed by atoms with van der Waals surface area (Å²) in [6.07, 6.45) is 2.46. The van der Waals surface area contributed by atoms with Gasteiger partial charge in [0.05, 0.1) is 32.1 Å². The summed E-state index contributed by atoms with van der Waals surface area (Å²) >= 11 is 0. The topological polar surface area (TPSA) is 72.7 Å². The van der Waals surface area contributed by atoms with Crippen LogP contribution in [0.2, 0.25) is 0 Å². The van der Waals surface area contributed by atoms with Crippen molar-refractivity contribution in [2.45, 2.75) is 32.5 Å². The number of hydrogen-bond acceptors (Lipinski definition) is 5. The van der Waals surface area contributed by atoms with Gasteiger partial charge in [-0.15, -0.1) is 0 Å². The molecule has 1 aromatic heterocycles. The van der Waals surface area contributed by atoms with E-state index in [0.29, 0.717) is 26.3 Å². The molecule has 1 aromatic carbocycles. The molecule has 0 radical (unpaired) electrons. The Morgan fingerprint density at radius 1 is 1.17 bits per heavy atom. The van der Waals surface area contributed by atoms with Crippen LogP contribution in [-0.4, -0.2) is 25.2 Å². The Morgan fingerprint density at radius 2 is 2.04 bits per heavy atom. The molecule has 2 aromatic rings. The lowest BCUT2D eigenvalue weighted by atomic mass is 10.1. The predicted octanol–water partition coefficient (Wildman–Crippen LogP) is 2.24. The fraction of sp³-hybridized carbons (Fsp3) is 0.389. The average molecular weight is 330 g/mol. The Hall–Kier alpha value is -2.47. The van der Waals surface area contributed by atoms with E-state index in [9.17, 15) is 4.79 Å². The normalized spacial score (nSPS) is 14.7. The van der Waals surface area contributed by atoms with Gasteiger partial charge in [-0.2, -0.15) is 0 Å². The Kier molecular flexibility index (Phi) is 5.38. The molecule has 6 nitrogen and oxygen atoms in total. The third-order valence-corrected chi connectivity index (χ3v) is 3.86. The van der Waals surface area contributed by atoms with E-state index in [1.54, 1.807) is 12.3 Å². The molecule has 2 N–H and O–H groups in total. The minimum Gasteiger partial charge on any atom is -0.490 e. The summed E-state index contributed by atoms with van der Waals surface area (Å²) in [5.41, 5.74) is 0.986. The Balaban J connectivity index is 1.54. The van der Waals surface area contributed by atoms with Crippen LogP contribution in [0.1, 0.15) is 24.7 Å². The maximum Gasteiger partial charge on any atom is 0.237 e. The van der Waals surface area contributed by atoms with Gasteiger partial charge in [0.1, 0.15) is 5.76 Å². The van der Waals surface area contributed by atoms with Gasteiger partial charge in [0.15, 0.2) is 11.5 Å². The van der Waals surface area contributed by atoms with Crippen LogP contribution in [0.15, 0.2) is 41.0 Å². The average Bonchev–Trinajstić information content (AvgIpc) is 3.00. The molecule has 1 unspecified atom stereocenters. The smallest absolute Gasteiger partial charge is 0.237 e. The first-order chi connectivity index (χ1) is 11.7. The molecular formula is C18H22N2O4. The van der Waals surface area contributed by atoms with Crippen molar-refractivity contribution in [3.05, 3.63) is 47.9 Å². The van der Waals surface area contributed by atoms with Crippen LogP contribution >= 0.6 is 0 Å². The molecule has 0 fully saturated rings. The van der Waals surface area contributed by atoms with Crippen molar-refractivity contribution < 1.29 is 18.7 Å². The lowest BCUT2D eigenvalue weighted by Gasteiger charge is -2.16. The predicted molar refractivity (Wildman–Crippen MR) is 88.9 cm³/mol. The van der Waals surface area contributed by atoms with Crippen molar-refractivity contribution in [3.8, 4) is 11.5 Å². The minimum absolute atomic E-state index is 0.0782. The Bertz CT molecular complexity index is 670. The molecule has 0 aliphatic carbocycles. The highest BCUT2D eigenvalue weighted by Crippen LogP contribution is 2.33. The van der Waals surface area contributed by atoms with E-state index in [2.05, 4.69) is 10.6 Å². The van der Waals surface area contributed by atoms with Gasteiger partial charge >= 0.3 is 0 Å². The largest absolute Gasteiger partial charge is 0.490 e. The van der Waals surface area contributed by atoms with E-state index in [1.165, 1.54) is 0 Å². The zero-order chi connectivity index (χ0) is 16.8. The third-order valence-electron chi connectivity index (χ3n) is 3.86. The standard InChI is InChI=1S/C18H22N2O4/c1-13(18(21)20-12-15-6-3-8-22-15)19-11-14-5-2-7-16-17(14)24-10-4-9-23-16/h2-3,5-8,13,19H,4,9-12H2,1H3,(H,20,21). The van der Waals surface area contributed by atoms with E-state index >= 15 is 0 Å². The van der Waals surface area contributed by atoms with Crippen LogP contribution in [0.4, 0.5) is 0 Å². The van der Waals surface area contributed by atoms with E-state index in [4.69, 9.17) is 13.9 Å². The second-order valence-electron chi connectivity index (χ2n) is 5.69. The minimum atomic E-state index is -0.331. The van der Waals surface area contributed by atoms with Crippen molar-refractivity contribution in [3.63, 3.8) is 0 Å². The van der Waals surface area contributed by atoms with Crippen molar-refractivity contribution in [1.82, 2.24) is 10.6 Å². The molecule has 24 heavy (non-hydrogen) atoms. The van der Waals surface area contributed by atoms with E-state index < -0.39 is 0 Å². The maximum absolute atomic E-state index is 12.1. The van der Waals surface area contributed by atoms with Crippen LogP contribution in [0.25, 0.3) is 0 Å². The van der Waals surface area contributed by atoms with Gasteiger partial charge in [-0.05, 0) is 25.1 Å². The van der Waals surface area contributed by atoms with E-state index in [0.717, 1.165) is 29.2 Å². The number of hydrogen-bond donors (Lipinski definition) is 2. The van der Waals surface area contributed by atoms with E-state index in [1.807, 2.05) is 31.2 Å². The second kappa shape index (κ2) is 7.88. The number of ether oxygens (including phenoxy) is 2. The van der Waals surface area contributed by atoms with E-state index in [-0.39, 0.29) is 11.9 Å². The molecule has 1 aliphatic heterocycles. The maximum atomic E-state index is 12.1. The van der Waals surface area contributed by atoms with Crippen LogP contribution in [0, 0.1) is 0 Å². The van der Waals surface area contributed by atoms with Crippen LogP contribution in [-0.2, 0) is 17.9 Å². The second-order valence-corrected chi connectivity index (χ2v) is 5.69. The van der Waals surface area contributed by atoms with Gasteiger partial charge in [-0.25, -0.2) is 0 Å². The summed E-state index contributed by atoms with van der Waals surface area (Å²) in [5.74, 6) is 2.19. The number of nitrogens with one attached hydrogen (secondary N) is 2. The number of carbonyl (C=O) groups is 1. The highest BCUT2D eigenvalue weighted by molar-refractivity contribution is 5.81. The molecule has 0 saturated carbocycles. The molecule has 2 heterocycles. The molecule has 1 aliphatic rings. The van der Waals surface area contributed by atoms with Gasteiger partial charge in [-0.1, -0.05) is 12.1 Å². The van der Waals surface area contributed by atoms with Crippen molar-refractivity contribution >= 4 is 5.91 Å². The lowest BCUT2D eigenvalue weighted by Crippen LogP contribution is -2.41. The molecule has 0 spiro atoms. The van der Waals surface area contributed by atoms with Gasteiger partial charge in [-0.3, -0.25) is 4.79 Å². The molecular weight excluding hydrogens is 308 g/mol. The Morgan fingerprint density at radius 3 is 2.88 bits per heavy atom. The number of amides is 1. The number of furan rings is 1. The number of rotatable bonds is 6. The molecule has 3 rings (SSSR count). The highest BCUT2D eigenvalue weighted by Gasteiger charge is 2.17. The molecule has 128 valence electrons. The summed E-state index contributed by atoms with van der Waals surface area (Å²) in [5, 5.41) is 6.06. The zero-order valence-corrected chi connectivity index (χ0v) is 13.7. The van der Waals surface area contributed by atoms with Crippen molar-refractivity contribution in [2.24, 2.45) is 0 Å². The SMILES string of the molecule is CC(NCc1cccc2c1OCCCO2)C(=O)NCc1ccco1. The molecule has 1 atom stereocenters. The summed E-state index contributed by atoms with van der Waals surface area (Å²) in [4.78, 5) is 12.1. The number of carbonyl (C=O) groups excluding carboxylic acids is 1. The summed E-state index contributed by atoms with van der Waals surface area (Å²) in [7, 11) is 0. The van der Waals surface area contributed by atoms with Crippen molar-refractivity contribution in [1.29, 1.82) is 0 Å². The van der Waals surface area contributed by atoms with Crippen molar-refractivity contribution in [2.75, 3.05) is 13.2 Å². The van der Waals surface area contributed by atoms with Crippen LogP contribution in [0.5, 0.6) is 11.5 Å². The lowest BCUT2D eigenvalue weighted by molar-refractivity contribution is -0.123. The fourth-order valence-corrected chi connectivity index (χ4v) is 2.49. The van der Waals surface area contributed by atoms with Gasteiger partial charge in [0.25, 0.3) is 0 Å². The Labute approximate surface area is 141 Å². The highest BCUT2D eigenvalue weighted by atomic mass is 16.5. The fourth-order valence-electron chi connectivity index (χ4n) is 2.49. The first-order valence-corrected chi connectivity index (χ1v) is 8.15. The summed E-state index contributed by atoms with van der Waals surface area (Å²) in [6.45, 7) is 4.05. The molecule has 0 bridgehead atoms. The molecule has 6 heteroatoms. The third kappa shape index (κ3) is 4.08. The number of para-hydroxylation sites is 1. The zero-order valence-electron chi connectivity index (χ0n) is 13.7. The summed E-state index contributed by atoms with van der Waals surface area (Å²) in [6, 6.07) is 9.12. The quantitative estimate of drug-likeness (QED) is 0.850. The van der Waals surface area contributed by atoms with Crippen LogP contribution in [0.3, 0.4) is 0 Å². The summed E-state index contributed by atoms with van der Waals surface area (Å²) < 4.78 is 16.7.